The molecular formula is C13H25NO2. The van der Waals surface area contributed by atoms with Gasteiger partial charge in [0.25, 0.3) is 0 Å². The number of hydrogen-bond acceptors (Lipinski definition) is 2. The molecule has 0 aromatic carbocycles. The minimum Gasteiger partial charge on any atom is -0.480 e. The van der Waals surface area contributed by atoms with Gasteiger partial charge in [-0.3, -0.25) is 10.1 Å². The van der Waals surface area contributed by atoms with Crippen LogP contribution in [0.5, 0.6) is 0 Å². The molecule has 3 heteroatoms. The van der Waals surface area contributed by atoms with E-state index in [0.29, 0.717) is 6.04 Å². The Hall–Kier alpha value is -0.570. The molecule has 2 N–H and O–H groups in total. The van der Waals surface area contributed by atoms with Crippen molar-refractivity contribution in [1.82, 2.24) is 5.32 Å². The van der Waals surface area contributed by atoms with Crippen LogP contribution < -0.4 is 5.32 Å². The molecular weight excluding hydrogens is 202 g/mol. The number of rotatable bonds is 5. The number of hydrogen-bond donors (Lipinski definition) is 2. The molecule has 1 rings (SSSR count). The second kappa shape index (κ2) is 6.24. The molecule has 0 atom stereocenters. The summed E-state index contributed by atoms with van der Waals surface area (Å²) in [6, 6.07) is 0.342. The maximum absolute atomic E-state index is 11.5. The highest BCUT2D eigenvalue weighted by atomic mass is 16.4. The van der Waals surface area contributed by atoms with Gasteiger partial charge in [-0.2, -0.15) is 0 Å². The van der Waals surface area contributed by atoms with Crippen molar-refractivity contribution in [2.75, 3.05) is 0 Å². The zero-order valence-electron chi connectivity index (χ0n) is 10.6. The number of carboxylic acid groups (broad SMARTS) is 1. The van der Waals surface area contributed by atoms with Gasteiger partial charge in [0.15, 0.2) is 0 Å². The van der Waals surface area contributed by atoms with E-state index < -0.39 is 11.5 Å². The molecule has 0 unspecified atom stereocenters. The van der Waals surface area contributed by atoms with Crippen molar-refractivity contribution in [1.29, 1.82) is 0 Å². The van der Waals surface area contributed by atoms with Crippen LogP contribution in [0.25, 0.3) is 0 Å². The van der Waals surface area contributed by atoms with Crippen molar-refractivity contribution in [3.63, 3.8) is 0 Å². The zero-order chi connectivity index (χ0) is 12.0. The molecule has 1 saturated carbocycles. The van der Waals surface area contributed by atoms with E-state index in [4.69, 9.17) is 0 Å². The molecule has 0 bridgehead atoms. The topological polar surface area (TPSA) is 49.3 Å². The van der Waals surface area contributed by atoms with Gasteiger partial charge in [0, 0.05) is 6.04 Å². The molecule has 16 heavy (non-hydrogen) atoms. The lowest BCUT2D eigenvalue weighted by molar-refractivity contribution is -0.146. The maximum atomic E-state index is 11.5. The molecule has 1 fully saturated rings. The van der Waals surface area contributed by atoms with Crippen LogP contribution in [-0.4, -0.2) is 22.7 Å². The Morgan fingerprint density at radius 3 is 2.06 bits per heavy atom. The first-order chi connectivity index (χ1) is 7.64. The van der Waals surface area contributed by atoms with E-state index in [2.05, 4.69) is 19.2 Å². The Labute approximate surface area is 98.6 Å². The molecule has 0 heterocycles. The van der Waals surface area contributed by atoms with Crippen molar-refractivity contribution in [2.24, 2.45) is 0 Å². The SMILES string of the molecule is CCC(CC)NC1(C(=O)O)CCCCCC1. The number of nitrogens with one attached hydrogen (secondary N) is 1. The van der Waals surface area contributed by atoms with Gasteiger partial charge in [-0.1, -0.05) is 39.5 Å². The maximum Gasteiger partial charge on any atom is 0.323 e. The van der Waals surface area contributed by atoms with Gasteiger partial charge in [-0.25, -0.2) is 0 Å². The molecule has 1 aliphatic carbocycles. The fraction of sp³-hybridized carbons (Fsp3) is 0.923. The first kappa shape index (κ1) is 13.5. The van der Waals surface area contributed by atoms with Gasteiger partial charge in [0.05, 0.1) is 0 Å². The number of carboxylic acids is 1. The summed E-state index contributed by atoms with van der Waals surface area (Å²) in [6.07, 6.45) is 8.03. The first-order valence-corrected chi connectivity index (χ1v) is 6.65. The van der Waals surface area contributed by atoms with Crippen LogP contribution in [-0.2, 0) is 4.79 Å². The van der Waals surface area contributed by atoms with E-state index in [1.54, 1.807) is 0 Å². The lowest BCUT2D eigenvalue weighted by atomic mass is 9.88. The third kappa shape index (κ3) is 3.21. The highest BCUT2D eigenvalue weighted by Crippen LogP contribution is 2.28. The predicted octanol–water partition coefficient (Wildman–Crippen LogP) is 2.94. The molecule has 0 radical (unpaired) electrons. The standard InChI is InChI=1S/C13H25NO2/c1-3-11(4-2)14-13(12(15)16)9-7-5-6-8-10-13/h11,14H,3-10H2,1-2H3,(H,15,16). The van der Waals surface area contributed by atoms with Crippen LogP contribution in [0.1, 0.15) is 65.2 Å². The van der Waals surface area contributed by atoms with Crippen molar-refractivity contribution >= 4 is 5.97 Å². The Morgan fingerprint density at radius 2 is 1.69 bits per heavy atom. The highest BCUT2D eigenvalue weighted by Gasteiger charge is 2.39. The molecule has 0 amide bonds. The Morgan fingerprint density at radius 1 is 1.19 bits per heavy atom. The third-order valence-corrected chi connectivity index (χ3v) is 3.83. The van der Waals surface area contributed by atoms with Gasteiger partial charge >= 0.3 is 5.97 Å². The first-order valence-electron chi connectivity index (χ1n) is 6.65. The predicted molar refractivity (Wildman–Crippen MR) is 65.6 cm³/mol. The van der Waals surface area contributed by atoms with Crippen LogP contribution in [0.4, 0.5) is 0 Å². The van der Waals surface area contributed by atoms with Gasteiger partial charge in [0.1, 0.15) is 5.54 Å². The van der Waals surface area contributed by atoms with Crippen LogP contribution in [0.2, 0.25) is 0 Å². The smallest absolute Gasteiger partial charge is 0.323 e. The molecule has 0 spiro atoms. The molecule has 0 aromatic heterocycles. The number of carbonyl (C=O) groups is 1. The molecule has 0 saturated heterocycles. The largest absolute Gasteiger partial charge is 0.480 e. The summed E-state index contributed by atoms with van der Waals surface area (Å²) in [4.78, 5) is 11.5. The summed E-state index contributed by atoms with van der Waals surface area (Å²) in [5.41, 5.74) is -0.646. The average Bonchev–Trinajstić information content (AvgIpc) is 2.52. The lowest BCUT2D eigenvalue weighted by Gasteiger charge is -2.33. The lowest BCUT2D eigenvalue weighted by Crippen LogP contribution is -2.55. The van der Waals surface area contributed by atoms with Gasteiger partial charge in [-0.05, 0) is 25.7 Å². The summed E-state index contributed by atoms with van der Waals surface area (Å²) >= 11 is 0. The Kier molecular flexibility index (Phi) is 5.26. The Balaban J connectivity index is 2.73. The van der Waals surface area contributed by atoms with Crippen LogP contribution in [0, 0.1) is 0 Å². The van der Waals surface area contributed by atoms with E-state index in [9.17, 15) is 9.90 Å². The van der Waals surface area contributed by atoms with E-state index in [1.807, 2.05) is 0 Å². The van der Waals surface area contributed by atoms with Crippen molar-refractivity contribution in [3.05, 3.63) is 0 Å². The zero-order valence-corrected chi connectivity index (χ0v) is 10.6. The van der Waals surface area contributed by atoms with E-state index in [1.165, 1.54) is 12.8 Å². The summed E-state index contributed by atoms with van der Waals surface area (Å²) in [5, 5.41) is 12.9. The molecule has 0 aliphatic heterocycles. The van der Waals surface area contributed by atoms with Crippen molar-refractivity contribution in [2.45, 2.75) is 76.8 Å². The van der Waals surface area contributed by atoms with E-state index >= 15 is 0 Å². The second-order valence-electron chi connectivity index (χ2n) is 4.96. The number of aliphatic carboxylic acids is 1. The summed E-state index contributed by atoms with van der Waals surface area (Å²) in [7, 11) is 0. The third-order valence-electron chi connectivity index (χ3n) is 3.83. The summed E-state index contributed by atoms with van der Waals surface area (Å²) in [6.45, 7) is 4.24. The minimum absolute atomic E-state index is 0.342. The van der Waals surface area contributed by atoms with Gasteiger partial charge in [-0.15, -0.1) is 0 Å². The van der Waals surface area contributed by atoms with E-state index in [-0.39, 0.29) is 0 Å². The average molecular weight is 227 g/mol. The fourth-order valence-electron chi connectivity index (χ4n) is 2.64. The van der Waals surface area contributed by atoms with E-state index in [0.717, 1.165) is 38.5 Å². The summed E-state index contributed by atoms with van der Waals surface area (Å²) in [5.74, 6) is -0.652. The highest BCUT2D eigenvalue weighted by molar-refractivity contribution is 5.78. The monoisotopic (exact) mass is 227 g/mol. The van der Waals surface area contributed by atoms with Crippen molar-refractivity contribution in [3.8, 4) is 0 Å². The quantitative estimate of drug-likeness (QED) is 0.710. The summed E-state index contributed by atoms with van der Waals surface area (Å²) < 4.78 is 0. The van der Waals surface area contributed by atoms with Crippen LogP contribution >= 0.6 is 0 Å². The molecule has 1 aliphatic rings. The molecule has 3 nitrogen and oxygen atoms in total. The molecule has 94 valence electrons. The van der Waals surface area contributed by atoms with Crippen molar-refractivity contribution < 1.29 is 9.90 Å². The minimum atomic E-state index is -0.652. The van der Waals surface area contributed by atoms with Crippen LogP contribution in [0.15, 0.2) is 0 Å². The Bertz CT molecular complexity index is 216. The second-order valence-corrected chi connectivity index (χ2v) is 4.96. The normalized spacial score (nSPS) is 20.7. The van der Waals surface area contributed by atoms with Gasteiger partial charge in [0.2, 0.25) is 0 Å². The van der Waals surface area contributed by atoms with Gasteiger partial charge < -0.3 is 5.11 Å². The van der Waals surface area contributed by atoms with Crippen LogP contribution in [0.3, 0.4) is 0 Å². The molecule has 0 aromatic rings. The fourth-order valence-corrected chi connectivity index (χ4v) is 2.64.